The van der Waals surface area contributed by atoms with E-state index in [9.17, 15) is 40.7 Å². The minimum absolute atomic E-state index is 0.169. The lowest BCUT2D eigenvalue weighted by molar-refractivity contribution is -0.252. The van der Waals surface area contributed by atoms with Crippen molar-refractivity contribution in [2.75, 3.05) is 5.32 Å². The lowest BCUT2D eigenvalue weighted by Gasteiger charge is -2.19. The molecule has 0 fully saturated rings. The summed E-state index contributed by atoms with van der Waals surface area (Å²) in [6.07, 6.45) is -9.88. The van der Waals surface area contributed by atoms with Gasteiger partial charge >= 0.3 is 18.5 Å². The summed E-state index contributed by atoms with van der Waals surface area (Å²) in [6, 6.07) is 8.73. The molecule has 3 rings (SSSR count). The van der Waals surface area contributed by atoms with Crippen LogP contribution in [-0.4, -0.2) is 45.2 Å². The summed E-state index contributed by atoms with van der Waals surface area (Å²) < 4.78 is 79.8. The van der Waals surface area contributed by atoms with Gasteiger partial charge in [0.15, 0.2) is 0 Å². The van der Waals surface area contributed by atoms with Gasteiger partial charge < -0.3 is 20.9 Å². The molecule has 0 unspecified atom stereocenters. The van der Waals surface area contributed by atoms with E-state index >= 15 is 0 Å². The highest BCUT2D eigenvalue weighted by atomic mass is 19.3. The Balaban J connectivity index is 0.000000449. The Hall–Kier alpha value is -4.56. The number of aromatic carboxylic acids is 1. The molecule has 2 amide bonds. The first kappa shape index (κ1) is 28.7. The third-order valence-electron chi connectivity index (χ3n) is 4.37. The zero-order valence-corrected chi connectivity index (χ0v) is 18.7. The van der Waals surface area contributed by atoms with Gasteiger partial charge in [-0.15, -0.1) is 0 Å². The summed E-state index contributed by atoms with van der Waals surface area (Å²) >= 11 is 0. The number of ether oxygens (including phenoxy) is 1. The summed E-state index contributed by atoms with van der Waals surface area (Å²) in [5, 5.41) is 14.6. The van der Waals surface area contributed by atoms with Gasteiger partial charge in [-0.2, -0.15) is 22.7 Å². The molecule has 0 aliphatic rings. The number of rotatable bonds is 8. The van der Waals surface area contributed by atoms with E-state index in [4.69, 9.17) is 10.8 Å². The fraction of sp³-hybridized carbons (Fsp3) is 0.182. The van der Waals surface area contributed by atoms with Gasteiger partial charge in [0.25, 0.3) is 12.3 Å². The number of benzene rings is 2. The summed E-state index contributed by atoms with van der Waals surface area (Å²) in [5.41, 5.74) is 3.49. The summed E-state index contributed by atoms with van der Waals surface area (Å²) in [6.45, 7) is 0. The predicted octanol–water partition coefficient (Wildman–Crippen LogP) is 4.33. The molecular formula is C22H18F6N4O5. The largest absolute Gasteiger partial charge is 0.478 e. The van der Waals surface area contributed by atoms with Gasteiger partial charge in [-0.25, -0.2) is 13.6 Å². The zero-order chi connectivity index (χ0) is 27.9. The van der Waals surface area contributed by atoms with Crippen molar-refractivity contribution in [2.24, 2.45) is 12.8 Å². The van der Waals surface area contributed by atoms with E-state index in [1.165, 1.54) is 29.1 Å². The van der Waals surface area contributed by atoms with E-state index in [1.807, 2.05) is 0 Å². The number of nitrogens with zero attached hydrogens (tertiary/aromatic N) is 2. The second kappa shape index (κ2) is 11.9. The molecule has 0 aliphatic carbocycles. The SMILES string of the molecule is Cn1ccc(C(F)F)n1.NC(=O)c1cc(C(=O)O)ccc1C(=O)Nc1ccccc1OC(F)(F)C(F)F. The maximum absolute atomic E-state index is 13.2. The molecule has 0 saturated heterocycles. The number of aryl methyl sites for hydroxylation is 1. The fourth-order valence-electron chi connectivity index (χ4n) is 2.67. The van der Waals surface area contributed by atoms with Crippen molar-refractivity contribution in [3.8, 4) is 5.75 Å². The molecule has 3 aromatic rings. The molecule has 0 aliphatic heterocycles. The standard InChI is InChI=1S/C17H12F4N2O5.C5H6F2N2/c18-16(19)17(20,21)28-12-4-2-1-3-11(12)23-14(25)9-6-5-8(15(26)27)7-10(9)13(22)24;1-9-3-2-4(8-9)5(6)7/h1-7,16H,(H2,22,24)(H,23,25)(H,26,27);2-3,5H,1H3. The molecule has 2 aromatic carbocycles. The molecule has 0 saturated carbocycles. The fourth-order valence-corrected chi connectivity index (χ4v) is 2.67. The van der Waals surface area contributed by atoms with Crippen LogP contribution in [0.4, 0.5) is 32.0 Å². The number of anilines is 1. The molecule has 15 heteroatoms. The number of halogens is 6. The minimum Gasteiger partial charge on any atom is -0.478 e. The van der Waals surface area contributed by atoms with Crippen LogP contribution < -0.4 is 15.8 Å². The molecule has 9 nitrogen and oxygen atoms in total. The normalized spacial score (nSPS) is 11.1. The number of carboxylic acids is 1. The third-order valence-corrected chi connectivity index (χ3v) is 4.37. The molecule has 0 bridgehead atoms. The quantitative estimate of drug-likeness (QED) is 0.370. The first-order valence-electron chi connectivity index (χ1n) is 9.93. The number of para-hydroxylation sites is 2. The average Bonchev–Trinajstić information content (AvgIpc) is 3.26. The first-order valence-corrected chi connectivity index (χ1v) is 9.93. The highest BCUT2D eigenvalue weighted by molar-refractivity contribution is 6.13. The van der Waals surface area contributed by atoms with E-state index in [2.05, 4.69) is 15.2 Å². The second-order valence-electron chi connectivity index (χ2n) is 7.06. The van der Waals surface area contributed by atoms with E-state index in [1.54, 1.807) is 7.05 Å². The van der Waals surface area contributed by atoms with Crippen LogP contribution >= 0.6 is 0 Å². The number of amides is 2. The highest BCUT2D eigenvalue weighted by Crippen LogP contribution is 2.33. The molecule has 1 aromatic heterocycles. The number of carbonyl (C=O) groups is 3. The Labute approximate surface area is 204 Å². The Morgan fingerprint density at radius 3 is 2.19 bits per heavy atom. The van der Waals surface area contributed by atoms with Gasteiger partial charge in [0.2, 0.25) is 5.91 Å². The number of hydrogen-bond donors (Lipinski definition) is 3. The Morgan fingerprint density at radius 1 is 1.05 bits per heavy atom. The maximum Gasteiger partial charge on any atom is 0.461 e. The van der Waals surface area contributed by atoms with Gasteiger partial charge in [0.1, 0.15) is 11.4 Å². The van der Waals surface area contributed by atoms with Crippen molar-refractivity contribution >= 4 is 23.5 Å². The number of alkyl halides is 6. The number of nitrogens with one attached hydrogen (secondary N) is 1. The van der Waals surface area contributed by atoms with Crippen LogP contribution in [0.3, 0.4) is 0 Å². The molecule has 1 heterocycles. The molecule has 0 spiro atoms. The highest BCUT2D eigenvalue weighted by Gasteiger charge is 2.44. The Morgan fingerprint density at radius 2 is 1.70 bits per heavy atom. The van der Waals surface area contributed by atoms with Crippen molar-refractivity contribution < 1.29 is 50.6 Å². The number of aromatic nitrogens is 2. The van der Waals surface area contributed by atoms with Crippen LogP contribution in [0, 0.1) is 0 Å². The van der Waals surface area contributed by atoms with Gasteiger partial charge in [0.05, 0.1) is 22.4 Å². The monoisotopic (exact) mass is 532 g/mol. The lowest BCUT2D eigenvalue weighted by atomic mass is 10.0. The molecule has 37 heavy (non-hydrogen) atoms. The van der Waals surface area contributed by atoms with Crippen molar-refractivity contribution in [2.45, 2.75) is 19.0 Å². The smallest absolute Gasteiger partial charge is 0.461 e. The number of nitrogens with two attached hydrogens (primary N) is 1. The second-order valence-corrected chi connectivity index (χ2v) is 7.06. The Bertz CT molecular complexity index is 1280. The molecule has 198 valence electrons. The first-order chi connectivity index (χ1) is 17.2. The number of hydrogen-bond acceptors (Lipinski definition) is 5. The molecule has 0 radical (unpaired) electrons. The van der Waals surface area contributed by atoms with Crippen molar-refractivity contribution in [3.63, 3.8) is 0 Å². The van der Waals surface area contributed by atoms with E-state index in [-0.39, 0.29) is 22.5 Å². The van der Waals surface area contributed by atoms with Crippen LogP contribution in [-0.2, 0) is 7.05 Å². The summed E-state index contributed by atoms with van der Waals surface area (Å²) in [4.78, 5) is 34.9. The van der Waals surface area contributed by atoms with Crippen LogP contribution in [0.1, 0.15) is 43.2 Å². The zero-order valence-electron chi connectivity index (χ0n) is 18.7. The predicted molar refractivity (Wildman–Crippen MR) is 116 cm³/mol. The number of carboxylic acid groups (broad SMARTS) is 1. The number of carbonyl (C=O) groups excluding carboxylic acids is 2. The molecule has 4 N–H and O–H groups in total. The van der Waals surface area contributed by atoms with Gasteiger partial charge in [0, 0.05) is 13.2 Å². The van der Waals surface area contributed by atoms with E-state index in [0.29, 0.717) is 0 Å². The van der Waals surface area contributed by atoms with Crippen LogP contribution in [0.2, 0.25) is 0 Å². The summed E-state index contributed by atoms with van der Waals surface area (Å²) in [5.74, 6) is -4.25. The maximum atomic E-state index is 13.2. The van der Waals surface area contributed by atoms with E-state index in [0.717, 1.165) is 30.3 Å². The average molecular weight is 532 g/mol. The molecule has 0 atom stereocenters. The van der Waals surface area contributed by atoms with Gasteiger partial charge in [-0.1, -0.05) is 12.1 Å². The van der Waals surface area contributed by atoms with E-state index < -0.39 is 48.1 Å². The minimum atomic E-state index is -4.80. The topological polar surface area (TPSA) is 137 Å². The number of primary amides is 1. The van der Waals surface area contributed by atoms with Gasteiger partial charge in [-0.05, 0) is 36.4 Å². The summed E-state index contributed by atoms with van der Waals surface area (Å²) in [7, 11) is 1.60. The third kappa shape index (κ3) is 7.71. The lowest BCUT2D eigenvalue weighted by Crippen LogP contribution is -2.33. The van der Waals surface area contributed by atoms with Crippen LogP contribution in [0.5, 0.6) is 5.75 Å². The van der Waals surface area contributed by atoms with Crippen molar-refractivity contribution in [1.29, 1.82) is 0 Å². The van der Waals surface area contributed by atoms with Crippen molar-refractivity contribution in [3.05, 3.63) is 77.1 Å². The Kier molecular flexibility index (Phi) is 9.24. The molecular weight excluding hydrogens is 514 g/mol. The van der Waals surface area contributed by atoms with Crippen LogP contribution in [0.25, 0.3) is 0 Å². The van der Waals surface area contributed by atoms with Crippen molar-refractivity contribution in [1.82, 2.24) is 9.78 Å². The van der Waals surface area contributed by atoms with Gasteiger partial charge in [-0.3, -0.25) is 14.3 Å². The van der Waals surface area contributed by atoms with Crippen LogP contribution in [0.15, 0.2) is 54.7 Å².